The second kappa shape index (κ2) is 8.52. The molecule has 4 rings (SSSR count). The van der Waals surface area contributed by atoms with Crippen LogP contribution in [0, 0.1) is 6.92 Å². The molecule has 0 N–H and O–H groups in total. The zero-order valence-electron chi connectivity index (χ0n) is 18.9. The Kier molecular flexibility index (Phi) is 5.77. The molecule has 3 aromatic rings. The van der Waals surface area contributed by atoms with E-state index in [2.05, 4.69) is 0 Å². The molecule has 1 aromatic carbocycles. The maximum atomic E-state index is 13.1. The molecule has 0 aliphatic carbocycles. The number of nitrogens with zero attached hydrogens (tertiary/aromatic N) is 6. The number of rotatable bonds is 4. The Bertz CT molecular complexity index is 1260. The van der Waals surface area contributed by atoms with Crippen LogP contribution in [0.15, 0.2) is 33.9 Å². The molecule has 0 spiro atoms. The lowest BCUT2D eigenvalue weighted by molar-refractivity contribution is 0.105. The van der Waals surface area contributed by atoms with Gasteiger partial charge >= 0.3 is 11.8 Å². The SMILES string of the molecule is CCOC(=O)N1CCN(c2nc3c(c(=O)n(C)c(=O)n3C)n2Cc2ccc(C)cc2)CC1. The van der Waals surface area contributed by atoms with E-state index in [0.29, 0.717) is 56.4 Å². The standard InChI is InChI=1S/C22H28N6O4/c1-5-32-22(31)27-12-10-26(11-13-27)20-23-18-17(19(29)25(4)21(30)24(18)3)28(20)14-16-8-6-15(2)7-9-16/h6-9H,5,10-14H2,1-4H3. The number of carbonyl (C=O) groups excluding carboxylic acids is 1. The number of aryl methyl sites for hydroxylation is 2. The third-order valence-electron chi connectivity index (χ3n) is 5.88. The highest BCUT2D eigenvalue weighted by atomic mass is 16.6. The van der Waals surface area contributed by atoms with Crippen molar-refractivity contribution in [2.75, 3.05) is 37.7 Å². The van der Waals surface area contributed by atoms with Crippen molar-refractivity contribution in [3.8, 4) is 0 Å². The molecule has 170 valence electrons. The minimum absolute atomic E-state index is 0.323. The quantitative estimate of drug-likeness (QED) is 0.602. The van der Waals surface area contributed by atoms with Gasteiger partial charge in [-0.25, -0.2) is 9.59 Å². The van der Waals surface area contributed by atoms with E-state index in [1.165, 1.54) is 11.6 Å². The van der Waals surface area contributed by atoms with E-state index in [1.54, 1.807) is 18.9 Å². The van der Waals surface area contributed by atoms with Crippen LogP contribution in [0.2, 0.25) is 0 Å². The molecule has 1 amide bonds. The number of piperazine rings is 1. The maximum absolute atomic E-state index is 13.1. The number of imidazole rings is 1. The van der Waals surface area contributed by atoms with Gasteiger partial charge in [0.15, 0.2) is 11.2 Å². The number of anilines is 1. The van der Waals surface area contributed by atoms with Crippen LogP contribution in [0.1, 0.15) is 18.1 Å². The number of carbonyl (C=O) groups is 1. The molecule has 1 fully saturated rings. The average molecular weight is 441 g/mol. The molecular formula is C22H28N6O4. The molecule has 0 unspecified atom stereocenters. The fourth-order valence-electron chi connectivity index (χ4n) is 4.01. The van der Waals surface area contributed by atoms with Gasteiger partial charge in [-0.05, 0) is 19.4 Å². The molecule has 3 heterocycles. The smallest absolute Gasteiger partial charge is 0.409 e. The van der Waals surface area contributed by atoms with Crippen LogP contribution < -0.4 is 16.1 Å². The number of fused-ring (bicyclic) bond motifs is 1. The van der Waals surface area contributed by atoms with Gasteiger partial charge < -0.3 is 14.5 Å². The van der Waals surface area contributed by atoms with E-state index in [9.17, 15) is 14.4 Å². The molecule has 0 bridgehead atoms. The summed E-state index contributed by atoms with van der Waals surface area (Å²) in [6, 6.07) is 8.10. The van der Waals surface area contributed by atoms with Crippen molar-refractivity contribution in [2.45, 2.75) is 20.4 Å². The lowest BCUT2D eigenvalue weighted by Gasteiger charge is -2.34. The van der Waals surface area contributed by atoms with Crippen molar-refractivity contribution in [1.29, 1.82) is 0 Å². The first-order chi connectivity index (χ1) is 15.3. The first kappa shape index (κ1) is 21.7. The molecule has 1 saturated heterocycles. The molecule has 0 saturated carbocycles. The van der Waals surface area contributed by atoms with Crippen LogP contribution in [0.4, 0.5) is 10.7 Å². The zero-order chi connectivity index (χ0) is 23.0. The predicted molar refractivity (Wildman–Crippen MR) is 121 cm³/mol. The second-order valence-electron chi connectivity index (χ2n) is 8.03. The van der Waals surface area contributed by atoms with E-state index >= 15 is 0 Å². The van der Waals surface area contributed by atoms with Crippen LogP contribution >= 0.6 is 0 Å². The van der Waals surface area contributed by atoms with Crippen LogP contribution in [0.25, 0.3) is 11.2 Å². The molecule has 32 heavy (non-hydrogen) atoms. The Morgan fingerprint density at radius 1 is 1.03 bits per heavy atom. The monoisotopic (exact) mass is 440 g/mol. The normalized spacial score (nSPS) is 14.2. The third kappa shape index (κ3) is 3.76. The van der Waals surface area contributed by atoms with Crippen LogP contribution in [0.3, 0.4) is 0 Å². The topological polar surface area (TPSA) is 94.6 Å². The van der Waals surface area contributed by atoms with E-state index in [0.717, 1.165) is 15.7 Å². The fourth-order valence-corrected chi connectivity index (χ4v) is 4.01. The highest BCUT2D eigenvalue weighted by molar-refractivity contribution is 5.75. The summed E-state index contributed by atoms with van der Waals surface area (Å²) < 4.78 is 9.50. The minimum Gasteiger partial charge on any atom is -0.450 e. The first-order valence-electron chi connectivity index (χ1n) is 10.7. The molecule has 10 nitrogen and oxygen atoms in total. The van der Waals surface area contributed by atoms with Gasteiger partial charge in [0.05, 0.1) is 13.2 Å². The summed E-state index contributed by atoms with van der Waals surface area (Å²) in [5.41, 5.74) is 2.13. The number of hydrogen-bond donors (Lipinski definition) is 0. The predicted octanol–water partition coefficient (Wildman–Crippen LogP) is 1.07. The molecule has 0 atom stereocenters. The Balaban J connectivity index is 1.78. The molecule has 1 aliphatic rings. The Morgan fingerprint density at radius 2 is 1.69 bits per heavy atom. The number of aromatic nitrogens is 4. The maximum Gasteiger partial charge on any atom is 0.409 e. The lowest BCUT2D eigenvalue weighted by atomic mass is 10.1. The summed E-state index contributed by atoms with van der Waals surface area (Å²) in [7, 11) is 3.10. The summed E-state index contributed by atoms with van der Waals surface area (Å²) in [5.74, 6) is 0.613. The van der Waals surface area contributed by atoms with Gasteiger partial charge in [0.1, 0.15) is 0 Å². The summed E-state index contributed by atoms with van der Waals surface area (Å²) in [6.07, 6.45) is -0.323. The van der Waals surface area contributed by atoms with Gasteiger partial charge in [0.25, 0.3) is 5.56 Å². The van der Waals surface area contributed by atoms with Crippen molar-refractivity contribution < 1.29 is 9.53 Å². The van der Waals surface area contributed by atoms with Gasteiger partial charge in [0.2, 0.25) is 5.95 Å². The summed E-state index contributed by atoms with van der Waals surface area (Å²) in [6.45, 7) is 6.66. The van der Waals surface area contributed by atoms with E-state index < -0.39 is 5.69 Å². The van der Waals surface area contributed by atoms with E-state index in [-0.39, 0.29) is 11.7 Å². The minimum atomic E-state index is -0.416. The second-order valence-corrected chi connectivity index (χ2v) is 8.03. The zero-order valence-corrected chi connectivity index (χ0v) is 18.9. The fraction of sp³-hybridized carbons (Fsp3) is 0.455. The van der Waals surface area contributed by atoms with Crippen molar-refractivity contribution >= 4 is 23.2 Å². The Labute approximate surface area is 185 Å². The van der Waals surface area contributed by atoms with Gasteiger partial charge in [-0.1, -0.05) is 29.8 Å². The molecule has 10 heteroatoms. The van der Waals surface area contributed by atoms with Crippen LogP contribution in [-0.4, -0.2) is 62.5 Å². The average Bonchev–Trinajstić information content (AvgIpc) is 3.17. The highest BCUT2D eigenvalue weighted by Crippen LogP contribution is 2.23. The number of benzene rings is 1. The number of ether oxygens (including phenoxy) is 1. The lowest BCUT2D eigenvalue weighted by Crippen LogP contribution is -2.49. The highest BCUT2D eigenvalue weighted by Gasteiger charge is 2.27. The van der Waals surface area contributed by atoms with Crippen molar-refractivity contribution in [2.24, 2.45) is 14.1 Å². The Hall–Kier alpha value is -3.56. The number of hydrogen-bond acceptors (Lipinski definition) is 6. The molecule has 1 aliphatic heterocycles. The third-order valence-corrected chi connectivity index (χ3v) is 5.88. The van der Waals surface area contributed by atoms with Crippen molar-refractivity contribution in [3.05, 3.63) is 56.2 Å². The Morgan fingerprint density at radius 3 is 2.31 bits per heavy atom. The van der Waals surface area contributed by atoms with Gasteiger partial charge in [-0.15, -0.1) is 0 Å². The molecular weight excluding hydrogens is 412 g/mol. The summed E-state index contributed by atoms with van der Waals surface area (Å²) >= 11 is 0. The summed E-state index contributed by atoms with van der Waals surface area (Å²) in [4.78, 5) is 46.1. The van der Waals surface area contributed by atoms with Crippen LogP contribution in [-0.2, 0) is 25.4 Å². The largest absolute Gasteiger partial charge is 0.450 e. The van der Waals surface area contributed by atoms with Crippen LogP contribution in [0.5, 0.6) is 0 Å². The summed E-state index contributed by atoms with van der Waals surface area (Å²) in [5, 5.41) is 0. The van der Waals surface area contributed by atoms with Gasteiger partial charge in [0, 0.05) is 40.3 Å². The van der Waals surface area contributed by atoms with E-state index in [1.807, 2.05) is 40.7 Å². The van der Waals surface area contributed by atoms with Crippen molar-refractivity contribution in [1.82, 2.24) is 23.6 Å². The first-order valence-corrected chi connectivity index (χ1v) is 10.7. The molecule has 2 aromatic heterocycles. The van der Waals surface area contributed by atoms with Gasteiger partial charge in [-0.2, -0.15) is 4.98 Å². The van der Waals surface area contributed by atoms with Gasteiger partial charge in [-0.3, -0.25) is 18.5 Å². The molecule has 0 radical (unpaired) electrons. The van der Waals surface area contributed by atoms with E-state index in [4.69, 9.17) is 9.72 Å². The van der Waals surface area contributed by atoms with Crippen molar-refractivity contribution in [3.63, 3.8) is 0 Å². The number of amides is 1.